The number of unbranched alkanes of at least 4 members (excludes halogenated alkanes) is 1. The quantitative estimate of drug-likeness (QED) is 0.796. The molecule has 1 aromatic carbocycles. The van der Waals surface area contributed by atoms with E-state index < -0.39 is 0 Å². The summed E-state index contributed by atoms with van der Waals surface area (Å²) in [5.41, 5.74) is 1.46. The molecule has 0 fully saturated rings. The van der Waals surface area contributed by atoms with Gasteiger partial charge in [0.15, 0.2) is 0 Å². The second-order valence-electron chi connectivity index (χ2n) is 5.67. The summed E-state index contributed by atoms with van der Waals surface area (Å²) in [5.74, 6) is 0.570. The van der Waals surface area contributed by atoms with E-state index in [1.165, 1.54) is 6.20 Å². The van der Waals surface area contributed by atoms with Crippen molar-refractivity contribution in [2.24, 2.45) is 0 Å². The average Bonchev–Trinajstić information content (AvgIpc) is 2.61. The fourth-order valence-corrected chi connectivity index (χ4v) is 2.33. The van der Waals surface area contributed by atoms with Crippen molar-refractivity contribution < 1.29 is 4.79 Å². The Kier molecular flexibility index (Phi) is 7.00. The minimum atomic E-state index is -0.209. The number of rotatable bonds is 8. The molecule has 0 radical (unpaired) electrons. The minimum Gasteiger partial charge on any atom is -0.358 e. The summed E-state index contributed by atoms with van der Waals surface area (Å²) in [4.78, 5) is 22.7. The molecular weight excluding hydrogens is 324 g/mol. The van der Waals surface area contributed by atoms with Crippen molar-refractivity contribution in [3.05, 3.63) is 52.9 Å². The maximum Gasteiger partial charge on any atom is 0.271 e. The normalized spacial score (nSPS) is 10.5. The topological polar surface area (TPSA) is 58.1 Å². The second kappa shape index (κ2) is 9.23. The molecule has 0 aliphatic carbocycles. The van der Waals surface area contributed by atoms with Crippen LogP contribution in [0.5, 0.6) is 0 Å². The van der Waals surface area contributed by atoms with Gasteiger partial charge in [0.1, 0.15) is 11.5 Å². The molecule has 5 nitrogen and oxygen atoms in total. The highest BCUT2D eigenvalue weighted by atomic mass is 35.5. The van der Waals surface area contributed by atoms with E-state index >= 15 is 0 Å². The predicted molar refractivity (Wildman–Crippen MR) is 97.7 cm³/mol. The summed E-state index contributed by atoms with van der Waals surface area (Å²) < 4.78 is 0. The summed E-state index contributed by atoms with van der Waals surface area (Å²) in [6, 6.07) is 7.60. The molecule has 1 N–H and O–H groups in total. The molecule has 1 aromatic heterocycles. The first-order valence-electron chi connectivity index (χ1n) is 8.16. The van der Waals surface area contributed by atoms with E-state index in [1.807, 2.05) is 36.2 Å². The zero-order valence-electron chi connectivity index (χ0n) is 14.1. The van der Waals surface area contributed by atoms with Crippen LogP contribution < -0.4 is 10.2 Å². The van der Waals surface area contributed by atoms with Gasteiger partial charge in [-0.3, -0.25) is 4.79 Å². The standard InChI is InChI=1S/C18H23ClN4O/c1-3-4-11-23(2)17-13-21-16(12-22-17)18(24)20-10-9-14-5-7-15(19)8-6-14/h5-8,12-13H,3-4,9-11H2,1-2H3,(H,20,24). The van der Waals surface area contributed by atoms with E-state index in [9.17, 15) is 4.79 Å². The van der Waals surface area contributed by atoms with E-state index in [0.717, 1.165) is 37.2 Å². The SMILES string of the molecule is CCCCN(C)c1cnc(C(=O)NCCc2ccc(Cl)cc2)cn1. The number of hydrogen-bond acceptors (Lipinski definition) is 4. The van der Waals surface area contributed by atoms with Crippen molar-refractivity contribution in [1.82, 2.24) is 15.3 Å². The molecule has 0 bridgehead atoms. The van der Waals surface area contributed by atoms with Crippen LogP contribution >= 0.6 is 11.6 Å². The van der Waals surface area contributed by atoms with Crippen LogP contribution in [0.4, 0.5) is 5.82 Å². The van der Waals surface area contributed by atoms with E-state index in [-0.39, 0.29) is 5.91 Å². The molecule has 2 rings (SSSR count). The van der Waals surface area contributed by atoms with Gasteiger partial charge >= 0.3 is 0 Å². The molecule has 0 saturated heterocycles. The van der Waals surface area contributed by atoms with Crippen LogP contribution in [-0.2, 0) is 6.42 Å². The maximum absolute atomic E-state index is 12.1. The number of carbonyl (C=O) groups excluding carboxylic acids is 1. The molecule has 2 aromatic rings. The first-order chi connectivity index (χ1) is 11.6. The summed E-state index contributed by atoms with van der Waals surface area (Å²) in [7, 11) is 1.98. The Hall–Kier alpha value is -2.14. The van der Waals surface area contributed by atoms with Crippen LogP contribution in [0.15, 0.2) is 36.7 Å². The molecule has 24 heavy (non-hydrogen) atoms. The Morgan fingerprint density at radius 3 is 2.58 bits per heavy atom. The van der Waals surface area contributed by atoms with Gasteiger partial charge in [-0.05, 0) is 30.5 Å². The third-order valence-corrected chi connectivity index (χ3v) is 3.97. The van der Waals surface area contributed by atoms with Gasteiger partial charge < -0.3 is 10.2 Å². The van der Waals surface area contributed by atoms with Gasteiger partial charge in [-0.25, -0.2) is 9.97 Å². The van der Waals surface area contributed by atoms with Crippen molar-refractivity contribution in [1.29, 1.82) is 0 Å². The van der Waals surface area contributed by atoms with E-state index in [0.29, 0.717) is 17.3 Å². The van der Waals surface area contributed by atoms with E-state index in [1.54, 1.807) is 6.20 Å². The molecule has 128 valence electrons. The largest absolute Gasteiger partial charge is 0.358 e. The van der Waals surface area contributed by atoms with Crippen molar-refractivity contribution in [3.8, 4) is 0 Å². The summed E-state index contributed by atoms with van der Waals surface area (Å²) >= 11 is 5.85. The molecule has 0 aliphatic rings. The lowest BCUT2D eigenvalue weighted by Gasteiger charge is -2.17. The summed E-state index contributed by atoms with van der Waals surface area (Å²) in [6.07, 6.45) is 6.14. The number of amides is 1. The molecule has 0 aliphatic heterocycles. The van der Waals surface area contributed by atoms with Crippen LogP contribution in [0.25, 0.3) is 0 Å². The van der Waals surface area contributed by atoms with Crippen molar-refractivity contribution >= 4 is 23.3 Å². The number of carbonyl (C=O) groups is 1. The highest BCUT2D eigenvalue weighted by Crippen LogP contribution is 2.10. The summed E-state index contributed by atoms with van der Waals surface area (Å²) in [5, 5.41) is 3.57. The van der Waals surface area contributed by atoms with E-state index in [4.69, 9.17) is 11.6 Å². The molecule has 6 heteroatoms. The van der Waals surface area contributed by atoms with Crippen LogP contribution in [0.2, 0.25) is 5.02 Å². The Morgan fingerprint density at radius 1 is 1.21 bits per heavy atom. The van der Waals surface area contributed by atoms with Crippen LogP contribution in [0.1, 0.15) is 35.8 Å². The number of nitrogens with zero attached hydrogens (tertiary/aromatic N) is 3. The number of aromatic nitrogens is 2. The molecule has 0 spiro atoms. The first-order valence-corrected chi connectivity index (χ1v) is 8.53. The van der Waals surface area contributed by atoms with Crippen molar-refractivity contribution in [2.75, 3.05) is 25.0 Å². The van der Waals surface area contributed by atoms with Crippen molar-refractivity contribution in [3.63, 3.8) is 0 Å². The van der Waals surface area contributed by atoms with Gasteiger partial charge in [-0.2, -0.15) is 0 Å². The minimum absolute atomic E-state index is 0.209. The van der Waals surface area contributed by atoms with Gasteiger partial charge in [-0.15, -0.1) is 0 Å². The number of nitrogens with one attached hydrogen (secondary N) is 1. The Bertz CT molecular complexity index is 643. The average molecular weight is 347 g/mol. The van der Waals surface area contributed by atoms with Crippen molar-refractivity contribution in [2.45, 2.75) is 26.2 Å². The molecule has 0 atom stereocenters. The lowest BCUT2D eigenvalue weighted by atomic mass is 10.1. The lowest BCUT2D eigenvalue weighted by molar-refractivity contribution is 0.0949. The maximum atomic E-state index is 12.1. The zero-order chi connectivity index (χ0) is 17.4. The van der Waals surface area contributed by atoms with E-state index in [2.05, 4.69) is 22.2 Å². The fourth-order valence-electron chi connectivity index (χ4n) is 2.21. The highest BCUT2D eigenvalue weighted by molar-refractivity contribution is 6.30. The second-order valence-corrected chi connectivity index (χ2v) is 6.10. The highest BCUT2D eigenvalue weighted by Gasteiger charge is 2.09. The number of benzene rings is 1. The Labute approximate surface area is 148 Å². The van der Waals surface area contributed by atoms with Gasteiger partial charge in [0, 0.05) is 25.2 Å². The third kappa shape index (κ3) is 5.49. The molecular formula is C18H23ClN4O. The molecule has 1 heterocycles. The van der Waals surface area contributed by atoms with Gasteiger partial charge in [0.05, 0.1) is 12.4 Å². The Balaban J connectivity index is 1.82. The van der Waals surface area contributed by atoms with Crippen LogP contribution in [0.3, 0.4) is 0 Å². The van der Waals surface area contributed by atoms with Gasteiger partial charge in [0.25, 0.3) is 5.91 Å². The van der Waals surface area contributed by atoms with Gasteiger partial charge in [-0.1, -0.05) is 37.1 Å². The van der Waals surface area contributed by atoms with Gasteiger partial charge in [0.2, 0.25) is 0 Å². The van der Waals surface area contributed by atoms with Crippen LogP contribution in [-0.4, -0.2) is 36.0 Å². The zero-order valence-corrected chi connectivity index (χ0v) is 14.9. The fraction of sp³-hybridized carbons (Fsp3) is 0.389. The monoisotopic (exact) mass is 346 g/mol. The molecule has 0 unspecified atom stereocenters. The summed E-state index contributed by atoms with van der Waals surface area (Å²) in [6.45, 7) is 3.62. The lowest BCUT2D eigenvalue weighted by Crippen LogP contribution is -2.27. The molecule has 0 saturated carbocycles. The smallest absolute Gasteiger partial charge is 0.271 e. The third-order valence-electron chi connectivity index (χ3n) is 3.72. The Morgan fingerprint density at radius 2 is 1.96 bits per heavy atom. The number of anilines is 1. The van der Waals surface area contributed by atoms with Crippen LogP contribution in [0, 0.1) is 0 Å². The predicted octanol–water partition coefficient (Wildman–Crippen LogP) is 3.34. The number of halogens is 1. The molecule has 1 amide bonds. The number of hydrogen-bond donors (Lipinski definition) is 1. The first kappa shape index (κ1) is 18.2.